The summed E-state index contributed by atoms with van der Waals surface area (Å²) in [5, 5.41) is 21.8. The molecule has 0 heterocycles. The maximum atomic E-state index is 10.9. The average Bonchev–Trinajstić information content (AvgIpc) is 3.60. The van der Waals surface area contributed by atoms with Crippen LogP contribution in [-0.2, 0) is 12.8 Å². The Balaban J connectivity index is 0.000000160. The minimum Gasteiger partial charge on any atom is -0.545 e. The van der Waals surface area contributed by atoms with Crippen LogP contribution in [0.15, 0.2) is 36.4 Å². The molecule has 0 amide bonds. The number of carbonyl (C=O) groups excluding carboxylic acids is 2. The third-order valence-corrected chi connectivity index (χ3v) is 7.04. The van der Waals surface area contributed by atoms with E-state index in [1.807, 2.05) is 12.1 Å². The van der Waals surface area contributed by atoms with Crippen molar-refractivity contribution in [2.24, 2.45) is 11.8 Å². The molecule has 4 atom stereocenters. The fourth-order valence-corrected chi connectivity index (χ4v) is 5.40. The topological polar surface area (TPSA) is 80.3 Å². The molecule has 0 aliphatic heterocycles. The molecule has 4 aliphatic rings. The number of aromatic carboxylic acids is 2. The van der Waals surface area contributed by atoms with Gasteiger partial charge in [0.2, 0.25) is 0 Å². The Kier molecular flexibility index (Phi) is 7.59. The van der Waals surface area contributed by atoms with Gasteiger partial charge in [-0.1, -0.05) is 36.4 Å². The van der Waals surface area contributed by atoms with Gasteiger partial charge in [-0.2, -0.15) is 0 Å². The number of hydrogen-bond acceptors (Lipinski definition) is 4. The molecule has 144 valence electrons. The van der Waals surface area contributed by atoms with E-state index >= 15 is 0 Å². The van der Waals surface area contributed by atoms with Crippen molar-refractivity contribution in [2.45, 2.75) is 50.4 Å². The van der Waals surface area contributed by atoms with E-state index in [2.05, 4.69) is 12.1 Å². The molecule has 6 rings (SSSR count). The normalized spacial score (nSPS) is 25.9. The number of fused-ring (bicyclic) bond motifs is 6. The molecular weight excluding hydrogens is 398 g/mol. The van der Waals surface area contributed by atoms with Gasteiger partial charge in [-0.05, 0) is 84.5 Å². The van der Waals surface area contributed by atoms with Crippen molar-refractivity contribution in [1.82, 2.24) is 0 Å². The Morgan fingerprint density at radius 3 is 1.47 bits per heavy atom. The second kappa shape index (κ2) is 9.48. The molecule has 2 saturated carbocycles. The Morgan fingerprint density at radius 1 is 0.700 bits per heavy atom. The summed E-state index contributed by atoms with van der Waals surface area (Å²) in [5.74, 6) is 0.914. The summed E-state index contributed by atoms with van der Waals surface area (Å²) in [6.45, 7) is 0. The van der Waals surface area contributed by atoms with E-state index < -0.39 is 11.9 Å². The number of carboxylic acids is 2. The molecule has 2 aromatic rings. The van der Waals surface area contributed by atoms with E-state index in [1.54, 1.807) is 12.1 Å². The number of benzene rings is 2. The van der Waals surface area contributed by atoms with Crippen LogP contribution in [0.4, 0.5) is 0 Å². The van der Waals surface area contributed by atoms with E-state index in [9.17, 15) is 19.8 Å². The van der Waals surface area contributed by atoms with Crippen molar-refractivity contribution in [3.8, 4) is 0 Å². The number of rotatable bonds is 2. The third kappa shape index (κ3) is 4.46. The van der Waals surface area contributed by atoms with Gasteiger partial charge in [-0.3, -0.25) is 0 Å². The molecular formula is C24H22Na2O4. The monoisotopic (exact) mass is 420 g/mol. The minimum atomic E-state index is -1.03. The van der Waals surface area contributed by atoms with Crippen LogP contribution >= 0.6 is 0 Å². The van der Waals surface area contributed by atoms with E-state index in [4.69, 9.17) is 0 Å². The summed E-state index contributed by atoms with van der Waals surface area (Å²) in [7, 11) is 0. The second-order valence-electron chi connectivity index (χ2n) is 8.60. The SMILES string of the molecule is O=C([O-])c1cccc2c1CCC1CC21.O=C([O-])c1cccc2c1CCC1CC21.[Na+].[Na+]. The molecule has 2 fully saturated rings. The Morgan fingerprint density at radius 2 is 1.10 bits per heavy atom. The first-order chi connectivity index (χ1) is 13.5. The van der Waals surface area contributed by atoms with Gasteiger partial charge >= 0.3 is 59.1 Å². The van der Waals surface area contributed by atoms with Gasteiger partial charge in [-0.15, -0.1) is 0 Å². The van der Waals surface area contributed by atoms with Crippen molar-refractivity contribution < 1.29 is 78.9 Å². The van der Waals surface area contributed by atoms with Crippen LogP contribution in [0.1, 0.15) is 80.5 Å². The van der Waals surface area contributed by atoms with Crippen LogP contribution in [0, 0.1) is 11.8 Å². The van der Waals surface area contributed by atoms with Gasteiger partial charge in [0, 0.05) is 11.1 Å². The molecule has 4 unspecified atom stereocenters. The van der Waals surface area contributed by atoms with Gasteiger partial charge < -0.3 is 19.8 Å². The molecule has 4 nitrogen and oxygen atoms in total. The molecule has 0 N–H and O–H groups in total. The molecule has 0 bridgehead atoms. The number of carbonyl (C=O) groups is 2. The fraction of sp³-hybridized carbons (Fsp3) is 0.417. The molecule has 2 aromatic carbocycles. The predicted molar refractivity (Wildman–Crippen MR) is 99.9 cm³/mol. The van der Waals surface area contributed by atoms with E-state index in [1.165, 1.54) is 24.0 Å². The number of hydrogen-bond donors (Lipinski definition) is 0. The largest absolute Gasteiger partial charge is 1.00 e. The molecule has 6 heteroatoms. The number of carboxylic acid groups (broad SMARTS) is 2. The summed E-state index contributed by atoms with van der Waals surface area (Å²) in [4.78, 5) is 21.8. The molecule has 30 heavy (non-hydrogen) atoms. The zero-order chi connectivity index (χ0) is 19.4. The van der Waals surface area contributed by atoms with Gasteiger partial charge in [0.15, 0.2) is 0 Å². The van der Waals surface area contributed by atoms with E-state index in [0.717, 1.165) is 48.6 Å². The summed E-state index contributed by atoms with van der Waals surface area (Å²) in [5.41, 5.74) is 5.42. The summed E-state index contributed by atoms with van der Waals surface area (Å²) in [6.07, 6.45) is 6.65. The van der Waals surface area contributed by atoms with Crippen LogP contribution in [0.5, 0.6) is 0 Å². The quantitative estimate of drug-likeness (QED) is 0.467. The molecule has 0 spiro atoms. The van der Waals surface area contributed by atoms with Gasteiger partial charge in [0.05, 0.1) is 11.9 Å². The first-order valence-corrected chi connectivity index (χ1v) is 10.2. The molecule has 0 aromatic heterocycles. The van der Waals surface area contributed by atoms with Crippen molar-refractivity contribution >= 4 is 11.9 Å². The van der Waals surface area contributed by atoms with Crippen molar-refractivity contribution in [3.05, 3.63) is 69.8 Å². The molecule has 4 aliphatic carbocycles. The van der Waals surface area contributed by atoms with Gasteiger partial charge in [0.25, 0.3) is 0 Å². The van der Waals surface area contributed by atoms with Gasteiger partial charge in [-0.25, -0.2) is 0 Å². The summed E-state index contributed by atoms with van der Waals surface area (Å²) >= 11 is 0. The third-order valence-electron chi connectivity index (χ3n) is 7.04. The maximum absolute atomic E-state index is 10.9. The minimum absolute atomic E-state index is 0. The summed E-state index contributed by atoms with van der Waals surface area (Å²) in [6, 6.07) is 11.2. The average molecular weight is 420 g/mol. The van der Waals surface area contributed by atoms with E-state index in [-0.39, 0.29) is 59.1 Å². The summed E-state index contributed by atoms with van der Waals surface area (Å²) < 4.78 is 0. The zero-order valence-electron chi connectivity index (χ0n) is 17.6. The predicted octanol–water partition coefficient (Wildman–Crippen LogP) is -3.79. The Hall–Kier alpha value is -0.620. The van der Waals surface area contributed by atoms with Crippen molar-refractivity contribution in [2.75, 3.05) is 0 Å². The van der Waals surface area contributed by atoms with Crippen molar-refractivity contribution in [3.63, 3.8) is 0 Å². The van der Waals surface area contributed by atoms with Crippen LogP contribution in [-0.4, -0.2) is 11.9 Å². The molecule has 0 radical (unpaired) electrons. The fourth-order valence-electron chi connectivity index (χ4n) is 5.40. The smallest absolute Gasteiger partial charge is 0.545 e. The standard InChI is InChI=1S/2C12H12O2.2Na/c2*13-12(14)10-3-1-2-8-9(10)5-4-7-6-11(7)8;;/h2*1-3,7,11H,4-6H2,(H,13,14);;/q;;2*+1/p-2. The van der Waals surface area contributed by atoms with Crippen LogP contribution in [0.3, 0.4) is 0 Å². The Bertz CT molecular complexity index is 908. The first kappa shape index (κ1) is 24.0. The van der Waals surface area contributed by atoms with Crippen LogP contribution in [0.2, 0.25) is 0 Å². The van der Waals surface area contributed by atoms with Crippen LogP contribution < -0.4 is 69.3 Å². The second-order valence-corrected chi connectivity index (χ2v) is 8.60. The zero-order valence-corrected chi connectivity index (χ0v) is 21.6. The van der Waals surface area contributed by atoms with E-state index in [0.29, 0.717) is 23.0 Å². The first-order valence-electron chi connectivity index (χ1n) is 10.2. The maximum Gasteiger partial charge on any atom is 1.00 e. The van der Waals surface area contributed by atoms with Crippen molar-refractivity contribution in [1.29, 1.82) is 0 Å². The Labute approximate surface area is 221 Å². The van der Waals surface area contributed by atoms with Crippen LogP contribution in [0.25, 0.3) is 0 Å². The molecule has 0 saturated heterocycles. The van der Waals surface area contributed by atoms with Gasteiger partial charge in [0.1, 0.15) is 0 Å².